The first kappa shape index (κ1) is 15.4. The molecule has 0 saturated carbocycles. The number of hydrogen-bond donors (Lipinski definition) is 2. The third-order valence-electron chi connectivity index (χ3n) is 2.69. The largest absolute Gasteiger partial charge is 0.385 e. The zero-order valence-electron chi connectivity index (χ0n) is 11.7. The Balaban J connectivity index is 2.25. The number of unbranched alkanes of at least 4 members (excludes halogenated alkanes) is 2. The minimum atomic E-state index is -0.0673. The predicted molar refractivity (Wildman–Crippen MR) is 76.5 cm³/mol. The van der Waals surface area contributed by atoms with Crippen LogP contribution in [0.1, 0.15) is 36.5 Å². The number of nitrogens with zero attached hydrogens (tertiary/aromatic N) is 1. The molecule has 0 aromatic carbocycles. The molecule has 0 radical (unpaired) electrons. The van der Waals surface area contributed by atoms with Gasteiger partial charge in [0.25, 0.3) is 5.91 Å². The number of methoxy groups -OCH3 is 1. The molecule has 0 aliphatic carbocycles. The normalized spacial score (nSPS) is 10.2. The monoisotopic (exact) mass is 265 g/mol. The summed E-state index contributed by atoms with van der Waals surface area (Å²) >= 11 is 0. The van der Waals surface area contributed by atoms with Crippen molar-refractivity contribution in [3.63, 3.8) is 0 Å². The van der Waals surface area contributed by atoms with E-state index in [1.807, 2.05) is 13.0 Å². The summed E-state index contributed by atoms with van der Waals surface area (Å²) in [5, 5.41) is 5.98. The molecule has 5 heteroatoms. The number of anilines is 1. The summed E-state index contributed by atoms with van der Waals surface area (Å²) in [6, 6.07) is 3.60. The maximum atomic E-state index is 11.8. The highest BCUT2D eigenvalue weighted by Gasteiger charge is 2.04. The summed E-state index contributed by atoms with van der Waals surface area (Å²) in [4.78, 5) is 16.0. The fourth-order valence-electron chi connectivity index (χ4n) is 1.67. The molecule has 0 aliphatic rings. The third kappa shape index (κ3) is 6.20. The molecule has 106 valence electrons. The second kappa shape index (κ2) is 9.33. The third-order valence-corrected chi connectivity index (χ3v) is 2.69. The van der Waals surface area contributed by atoms with Crippen LogP contribution in [0.3, 0.4) is 0 Å². The quantitative estimate of drug-likeness (QED) is 0.671. The fraction of sp³-hybridized carbons (Fsp3) is 0.571. The van der Waals surface area contributed by atoms with Crippen molar-refractivity contribution in [2.24, 2.45) is 0 Å². The summed E-state index contributed by atoms with van der Waals surface area (Å²) in [5.41, 5.74) is 0.596. The van der Waals surface area contributed by atoms with Gasteiger partial charge in [0.05, 0.1) is 5.56 Å². The second-order valence-corrected chi connectivity index (χ2v) is 4.27. The number of aromatic nitrogens is 1. The van der Waals surface area contributed by atoms with E-state index in [0.717, 1.165) is 38.2 Å². The zero-order valence-corrected chi connectivity index (χ0v) is 11.7. The molecular formula is C14H23N3O2. The zero-order chi connectivity index (χ0) is 13.9. The summed E-state index contributed by atoms with van der Waals surface area (Å²) in [5.74, 6) is 0.723. The molecule has 19 heavy (non-hydrogen) atoms. The van der Waals surface area contributed by atoms with E-state index in [0.29, 0.717) is 12.1 Å². The van der Waals surface area contributed by atoms with E-state index in [9.17, 15) is 4.79 Å². The van der Waals surface area contributed by atoms with Crippen LogP contribution in [0.15, 0.2) is 18.3 Å². The van der Waals surface area contributed by atoms with Gasteiger partial charge in [-0.15, -0.1) is 0 Å². The van der Waals surface area contributed by atoms with Gasteiger partial charge in [0.15, 0.2) is 0 Å². The molecule has 0 unspecified atom stereocenters. The molecule has 1 heterocycles. The number of carbonyl (C=O) groups is 1. The molecule has 2 N–H and O–H groups in total. The topological polar surface area (TPSA) is 63.2 Å². The van der Waals surface area contributed by atoms with Crippen molar-refractivity contribution >= 4 is 11.7 Å². The molecule has 1 amide bonds. The Hall–Kier alpha value is -1.62. The van der Waals surface area contributed by atoms with E-state index >= 15 is 0 Å². The molecule has 1 rings (SSSR count). The Kier molecular flexibility index (Phi) is 7.58. The second-order valence-electron chi connectivity index (χ2n) is 4.27. The van der Waals surface area contributed by atoms with Crippen LogP contribution in [0.4, 0.5) is 5.82 Å². The van der Waals surface area contributed by atoms with E-state index in [1.165, 1.54) is 0 Å². The molecule has 0 fully saturated rings. The van der Waals surface area contributed by atoms with E-state index in [2.05, 4.69) is 15.6 Å². The van der Waals surface area contributed by atoms with Crippen LogP contribution in [-0.4, -0.2) is 37.7 Å². The molecule has 0 aliphatic heterocycles. The van der Waals surface area contributed by atoms with Crippen LogP contribution in [0, 0.1) is 0 Å². The van der Waals surface area contributed by atoms with E-state index in [1.54, 1.807) is 19.4 Å². The maximum absolute atomic E-state index is 11.8. The first-order valence-electron chi connectivity index (χ1n) is 6.75. The maximum Gasteiger partial charge on any atom is 0.252 e. The SMILES string of the molecule is CCNc1ccc(C(=O)NCCCCCOC)cn1. The van der Waals surface area contributed by atoms with Crippen molar-refractivity contribution < 1.29 is 9.53 Å². The minimum Gasteiger partial charge on any atom is -0.385 e. The molecule has 1 aromatic rings. The van der Waals surface area contributed by atoms with Crippen molar-refractivity contribution in [3.8, 4) is 0 Å². The van der Waals surface area contributed by atoms with Gasteiger partial charge < -0.3 is 15.4 Å². The lowest BCUT2D eigenvalue weighted by molar-refractivity contribution is 0.0952. The summed E-state index contributed by atoms with van der Waals surface area (Å²) in [7, 11) is 1.70. The van der Waals surface area contributed by atoms with Crippen molar-refractivity contribution in [2.45, 2.75) is 26.2 Å². The van der Waals surface area contributed by atoms with Crippen LogP contribution < -0.4 is 10.6 Å². The van der Waals surface area contributed by atoms with E-state index in [4.69, 9.17) is 4.74 Å². The lowest BCUT2D eigenvalue weighted by Gasteiger charge is -2.06. The van der Waals surface area contributed by atoms with E-state index in [-0.39, 0.29) is 5.91 Å². The van der Waals surface area contributed by atoms with Crippen molar-refractivity contribution in [2.75, 3.05) is 32.1 Å². The first-order valence-corrected chi connectivity index (χ1v) is 6.75. The fourth-order valence-corrected chi connectivity index (χ4v) is 1.67. The lowest BCUT2D eigenvalue weighted by atomic mass is 10.2. The number of amides is 1. The van der Waals surface area contributed by atoms with Crippen LogP contribution in [-0.2, 0) is 4.74 Å². The summed E-state index contributed by atoms with van der Waals surface area (Å²) in [6.07, 6.45) is 4.66. The van der Waals surface area contributed by atoms with Gasteiger partial charge in [0, 0.05) is 33.0 Å². The van der Waals surface area contributed by atoms with Gasteiger partial charge in [-0.1, -0.05) is 0 Å². The molecule has 0 atom stereocenters. The molecular weight excluding hydrogens is 242 g/mol. The van der Waals surface area contributed by atoms with Crippen molar-refractivity contribution in [3.05, 3.63) is 23.9 Å². The molecule has 0 bridgehead atoms. The lowest BCUT2D eigenvalue weighted by Crippen LogP contribution is -2.24. The number of hydrogen-bond acceptors (Lipinski definition) is 4. The van der Waals surface area contributed by atoms with Crippen LogP contribution in [0.25, 0.3) is 0 Å². The van der Waals surface area contributed by atoms with E-state index < -0.39 is 0 Å². The molecule has 0 saturated heterocycles. The Bertz CT molecular complexity index is 365. The number of nitrogens with one attached hydrogen (secondary N) is 2. The van der Waals surface area contributed by atoms with Gasteiger partial charge in [-0.2, -0.15) is 0 Å². The Morgan fingerprint density at radius 1 is 1.32 bits per heavy atom. The molecule has 5 nitrogen and oxygen atoms in total. The van der Waals surface area contributed by atoms with Gasteiger partial charge in [0.1, 0.15) is 5.82 Å². The van der Waals surface area contributed by atoms with Gasteiger partial charge in [-0.3, -0.25) is 4.79 Å². The van der Waals surface area contributed by atoms with Gasteiger partial charge >= 0.3 is 0 Å². The smallest absolute Gasteiger partial charge is 0.252 e. The Labute approximate surface area is 114 Å². The van der Waals surface area contributed by atoms with Crippen molar-refractivity contribution in [1.29, 1.82) is 0 Å². The number of ether oxygens (including phenoxy) is 1. The highest BCUT2D eigenvalue weighted by Crippen LogP contribution is 2.04. The highest BCUT2D eigenvalue weighted by molar-refractivity contribution is 5.93. The number of carbonyl (C=O) groups excluding carboxylic acids is 1. The van der Waals surface area contributed by atoms with Crippen molar-refractivity contribution in [1.82, 2.24) is 10.3 Å². The highest BCUT2D eigenvalue weighted by atomic mass is 16.5. The number of pyridine rings is 1. The number of rotatable bonds is 9. The molecule has 0 spiro atoms. The van der Waals surface area contributed by atoms with Gasteiger partial charge in [0.2, 0.25) is 0 Å². The van der Waals surface area contributed by atoms with Gasteiger partial charge in [-0.25, -0.2) is 4.98 Å². The van der Waals surface area contributed by atoms with Gasteiger partial charge in [-0.05, 0) is 38.3 Å². The van der Waals surface area contributed by atoms with Crippen LogP contribution in [0.5, 0.6) is 0 Å². The van der Waals surface area contributed by atoms with Crippen LogP contribution in [0.2, 0.25) is 0 Å². The standard InChI is InChI=1S/C14H23N3O2/c1-3-15-13-8-7-12(11-17-13)14(18)16-9-5-4-6-10-19-2/h7-8,11H,3-6,9-10H2,1-2H3,(H,15,17)(H,16,18). The Morgan fingerprint density at radius 2 is 2.16 bits per heavy atom. The Morgan fingerprint density at radius 3 is 2.79 bits per heavy atom. The molecule has 1 aromatic heterocycles. The summed E-state index contributed by atoms with van der Waals surface area (Å²) in [6.45, 7) is 4.30. The average Bonchev–Trinajstić information content (AvgIpc) is 2.43. The minimum absolute atomic E-state index is 0.0673. The summed E-state index contributed by atoms with van der Waals surface area (Å²) < 4.78 is 4.97. The average molecular weight is 265 g/mol. The first-order chi connectivity index (χ1) is 9.27. The predicted octanol–water partition coefficient (Wildman–Crippen LogP) is 2.06. The van der Waals surface area contributed by atoms with Crippen LogP contribution >= 0.6 is 0 Å².